The molecule has 2 saturated heterocycles. The molecule has 0 aromatic rings. The van der Waals surface area contributed by atoms with Crippen molar-refractivity contribution in [3.8, 4) is 0 Å². The molecule has 2 rings (SSSR count). The van der Waals surface area contributed by atoms with Crippen LogP contribution in [0.1, 0.15) is 33.6 Å². The van der Waals surface area contributed by atoms with Gasteiger partial charge < -0.3 is 19.5 Å². The van der Waals surface area contributed by atoms with Crippen molar-refractivity contribution in [2.45, 2.75) is 51.5 Å². The highest BCUT2D eigenvalue weighted by Gasteiger charge is 2.34. The third-order valence-corrected chi connectivity index (χ3v) is 3.71. The van der Waals surface area contributed by atoms with Crippen LogP contribution >= 0.6 is 0 Å². The molecule has 116 valence electrons. The van der Waals surface area contributed by atoms with Gasteiger partial charge in [-0.2, -0.15) is 0 Å². The Morgan fingerprint density at radius 3 is 2.55 bits per heavy atom. The van der Waals surface area contributed by atoms with Crippen molar-refractivity contribution in [2.75, 3.05) is 26.2 Å². The number of likely N-dealkylation sites (tertiary alicyclic amines) is 1. The van der Waals surface area contributed by atoms with Crippen molar-refractivity contribution in [1.82, 2.24) is 10.2 Å². The number of carbonyl (C=O) groups is 1. The van der Waals surface area contributed by atoms with Crippen molar-refractivity contribution < 1.29 is 19.4 Å². The minimum Gasteiger partial charge on any atom is -0.444 e. The number of hydrogen-bond donors (Lipinski definition) is 2. The zero-order chi connectivity index (χ0) is 14.8. The summed E-state index contributed by atoms with van der Waals surface area (Å²) in [6.45, 7) is 7.79. The van der Waals surface area contributed by atoms with E-state index >= 15 is 0 Å². The minimum absolute atomic E-state index is 0.00735. The molecule has 0 aromatic carbocycles. The predicted molar refractivity (Wildman–Crippen MR) is 74.3 cm³/mol. The Bertz CT molecular complexity index is 335. The molecule has 0 radical (unpaired) electrons. The Balaban J connectivity index is 1.76. The summed E-state index contributed by atoms with van der Waals surface area (Å²) in [5.41, 5.74) is -0.446. The van der Waals surface area contributed by atoms with E-state index in [2.05, 4.69) is 5.32 Å². The number of amides is 1. The van der Waals surface area contributed by atoms with E-state index in [4.69, 9.17) is 14.6 Å². The molecule has 0 saturated carbocycles. The number of nitrogens with one attached hydrogen (secondary N) is 1. The van der Waals surface area contributed by atoms with Gasteiger partial charge in [0.2, 0.25) is 0 Å². The largest absolute Gasteiger partial charge is 0.444 e. The van der Waals surface area contributed by atoms with Crippen molar-refractivity contribution in [2.24, 2.45) is 5.92 Å². The Morgan fingerprint density at radius 1 is 1.40 bits per heavy atom. The lowest BCUT2D eigenvalue weighted by Crippen LogP contribution is -2.45. The van der Waals surface area contributed by atoms with Gasteiger partial charge in [0.1, 0.15) is 11.8 Å². The van der Waals surface area contributed by atoms with Crippen LogP contribution in [0.5, 0.6) is 0 Å². The van der Waals surface area contributed by atoms with Gasteiger partial charge in [-0.05, 0) is 33.6 Å². The third-order valence-electron chi connectivity index (χ3n) is 3.71. The molecule has 6 heteroatoms. The number of piperidine rings is 1. The molecule has 6 nitrogen and oxygen atoms in total. The monoisotopic (exact) mass is 286 g/mol. The van der Waals surface area contributed by atoms with Gasteiger partial charge in [0.05, 0.1) is 12.7 Å². The van der Waals surface area contributed by atoms with Gasteiger partial charge in [-0.3, -0.25) is 5.32 Å². The van der Waals surface area contributed by atoms with Crippen LogP contribution in [-0.4, -0.2) is 60.3 Å². The lowest BCUT2D eigenvalue weighted by molar-refractivity contribution is -0.0354. The highest BCUT2D eigenvalue weighted by molar-refractivity contribution is 5.68. The maximum Gasteiger partial charge on any atom is 0.410 e. The second-order valence-corrected chi connectivity index (χ2v) is 6.57. The maximum atomic E-state index is 12.0. The molecule has 2 fully saturated rings. The number of ether oxygens (including phenoxy) is 2. The molecular formula is C14H26N2O4. The summed E-state index contributed by atoms with van der Waals surface area (Å²) in [6.07, 6.45) is 1.48. The average molecular weight is 286 g/mol. The average Bonchev–Trinajstić information content (AvgIpc) is 2.85. The Kier molecular flexibility index (Phi) is 4.88. The highest BCUT2D eigenvalue weighted by Crippen LogP contribution is 2.25. The van der Waals surface area contributed by atoms with Crippen LogP contribution in [0.3, 0.4) is 0 Å². The van der Waals surface area contributed by atoms with Gasteiger partial charge >= 0.3 is 6.09 Å². The standard InChI is InChI=1S/C14H26N2O4/c1-14(2,3)20-13(18)16-6-4-10(5-7-16)12-15-8-11(9-17)19-12/h10-12,15,17H,4-9H2,1-3H3. The summed E-state index contributed by atoms with van der Waals surface area (Å²) in [5, 5.41) is 12.4. The first-order valence-corrected chi connectivity index (χ1v) is 7.36. The number of carbonyl (C=O) groups excluding carboxylic acids is 1. The predicted octanol–water partition coefficient (Wildman–Crippen LogP) is 0.940. The van der Waals surface area contributed by atoms with E-state index < -0.39 is 5.60 Å². The quantitative estimate of drug-likeness (QED) is 0.790. The van der Waals surface area contributed by atoms with E-state index in [1.54, 1.807) is 4.90 Å². The van der Waals surface area contributed by atoms with Crippen LogP contribution < -0.4 is 5.32 Å². The highest BCUT2D eigenvalue weighted by atomic mass is 16.6. The molecule has 2 unspecified atom stereocenters. The van der Waals surface area contributed by atoms with E-state index in [0.29, 0.717) is 25.6 Å². The molecule has 20 heavy (non-hydrogen) atoms. The minimum atomic E-state index is -0.446. The first kappa shape index (κ1) is 15.5. The fourth-order valence-corrected chi connectivity index (χ4v) is 2.65. The molecule has 2 aliphatic rings. The van der Waals surface area contributed by atoms with Crippen molar-refractivity contribution in [1.29, 1.82) is 0 Å². The molecular weight excluding hydrogens is 260 g/mol. The SMILES string of the molecule is CC(C)(C)OC(=O)N1CCC(C2NCC(CO)O2)CC1. The summed E-state index contributed by atoms with van der Waals surface area (Å²) in [6, 6.07) is 0. The first-order chi connectivity index (χ1) is 9.39. The molecule has 0 aliphatic carbocycles. The summed E-state index contributed by atoms with van der Waals surface area (Å²) < 4.78 is 11.1. The number of aliphatic hydroxyl groups is 1. The molecule has 0 spiro atoms. The van der Waals surface area contributed by atoms with E-state index in [9.17, 15) is 4.79 Å². The zero-order valence-corrected chi connectivity index (χ0v) is 12.6. The zero-order valence-electron chi connectivity index (χ0n) is 12.6. The molecule has 2 aliphatic heterocycles. The van der Waals surface area contributed by atoms with Crippen LogP contribution in [0.4, 0.5) is 4.79 Å². The summed E-state index contributed by atoms with van der Waals surface area (Å²) in [4.78, 5) is 13.7. The Morgan fingerprint density at radius 2 is 2.05 bits per heavy atom. The maximum absolute atomic E-state index is 12.0. The lowest BCUT2D eigenvalue weighted by Gasteiger charge is -2.35. The van der Waals surface area contributed by atoms with Crippen LogP contribution in [0.25, 0.3) is 0 Å². The van der Waals surface area contributed by atoms with E-state index in [0.717, 1.165) is 12.8 Å². The van der Waals surface area contributed by atoms with E-state index in [-0.39, 0.29) is 25.0 Å². The fraction of sp³-hybridized carbons (Fsp3) is 0.929. The Hall–Kier alpha value is -0.850. The van der Waals surface area contributed by atoms with Gasteiger partial charge in [-0.25, -0.2) is 4.79 Å². The number of rotatable bonds is 2. The molecule has 0 aromatic heterocycles. The second kappa shape index (κ2) is 6.28. The summed E-state index contributed by atoms with van der Waals surface area (Å²) in [7, 11) is 0. The van der Waals surface area contributed by atoms with E-state index in [1.807, 2.05) is 20.8 Å². The van der Waals surface area contributed by atoms with Crippen LogP contribution in [0.2, 0.25) is 0 Å². The van der Waals surface area contributed by atoms with Gasteiger partial charge in [-0.15, -0.1) is 0 Å². The van der Waals surface area contributed by atoms with Gasteiger partial charge in [-0.1, -0.05) is 0 Å². The summed E-state index contributed by atoms with van der Waals surface area (Å²) in [5.74, 6) is 0.394. The molecule has 1 amide bonds. The second-order valence-electron chi connectivity index (χ2n) is 6.57. The first-order valence-electron chi connectivity index (χ1n) is 7.36. The number of aliphatic hydroxyl groups excluding tert-OH is 1. The van der Waals surface area contributed by atoms with Gasteiger partial charge in [0.15, 0.2) is 0 Å². The van der Waals surface area contributed by atoms with Crippen LogP contribution in [0.15, 0.2) is 0 Å². The van der Waals surface area contributed by atoms with E-state index in [1.165, 1.54) is 0 Å². The topological polar surface area (TPSA) is 71.0 Å². The molecule has 2 N–H and O–H groups in total. The van der Waals surface area contributed by atoms with Crippen LogP contribution in [-0.2, 0) is 9.47 Å². The molecule has 2 heterocycles. The smallest absolute Gasteiger partial charge is 0.410 e. The number of nitrogens with zero attached hydrogens (tertiary/aromatic N) is 1. The third kappa shape index (κ3) is 4.07. The Labute approximate surface area is 120 Å². The van der Waals surface area contributed by atoms with Crippen molar-refractivity contribution >= 4 is 6.09 Å². The van der Waals surface area contributed by atoms with Crippen LogP contribution in [0, 0.1) is 5.92 Å². The lowest BCUT2D eigenvalue weighted by atomic mass is 9.95. The fourth-order valence-electron chi connectivity index (χ4n) is 2.65. The molecule has 0 bridgehead atoms. The number of hydrogen-bond acceptors (Lipinski definition) is 5. The molecule has 2 atom stereocenters. The summed E-state index contributed by atoms with van der Waals surface area (Å²) >= 11 is 0. The normalized spacial score (nSPS) is 28.7. The van der Waals surface area contributed by atoms with Gasteiger partial charge in [0, 0.05) is 25.6 Å². The van der Waals surface area contributed by atoms with Gasteiger partial charge in [0.25, 0.3) is 0 Å². The van der Waals surface area contributed by atoms with Crippen molar-refractivity contribution in [3.05, 3.63) is 0 Å². The van der Waals surface area contributed by atoms with Crippen molar-refractivity contribution in [3.63, 3.8) is 0 Å².